The molecule has 1 aromatic rings. The van der Waals surface area contributed by atoms with Gasteiger partial charge >= 0.3 is 0 Å². The first-order valence-corrected chi connectivity index (χ1v) is 5.44. The van der Waals surface area contributed by atoms with E-state index in [0.717, 1.165) is 18.3 Å². The van der Waals surface area contributed by atoms with E-state index in [1.54, 1.807) is 0 Å². The van der Waals surface area contributed by atoms with Gasteiger partial charge in [0.2, 0.25) is 0 Å². The molecule has 1 rings (SSSR count). The summed E-state index contributed by atoms with van der Waals surface area (Å²) in [4.78, 5) is 10.4. The predicted octanol–water partition coefficient (Wildman–Crippen LogP) is 2.40. The number of benzene rings is 1. The summed E-state index contributed by atoms with van der Waals surface area (Å²) in [7, 11) is 0. The van der Waals surface area contributed by atoms with Gasteiger partial charge in [0.1, 0.15) is 6.29 Å². The number of nitrogens with two attached hydrogens (primary N) is 1. The normalized spacial score (nSPS) is 10.7. The van der Waals surface area contributed by atoms with Gasteiger partial charge in [0.05, 0.1) is 0 Å². The highest BCUT2D eigenvalue weighted by Gasteiger charge is 2.05. The Morgan fingerprint density at radius 2 is 2.07 bits per heavy atom. The molecule has 2 N–H and O–H groups in total. The number of carbonyl (C=O) groups is 1. The maximum Gasteiger partial charge on any atom is 0.120 e. The predicted molar refractivity (Wildman–Crippen MR) is 62.8 cm³/mol. The van der Waals surface area contributed by atoms with Crippen LogP contribution in [0.25, 0.3) is 0 Å². The van der Waals surface area contributed by atoms with Crippen LogP contribution in [0.2, 0.25) is 0 Å². The zero-order valence-electron chi connectivity index (χ0n) is 9.49. The standard InChI is InChI=1S/C13H19NO/c1-10(2)11-5-6-13(9-14)12(8-11)4-3-7-15/h5-8,10H,3-4,9,14H2,1-2H3. The fourth-order valence-electron chi connectivity index (χ4n) is 1.65. The fourth-order valence-corrected chi connectivity index (χ4v) is 1.65. The van der Waals surface area contributed by atoms with E-state index in [2.05, 4.69) is 32.0 Å². The van der Waals surface area contributed by atoms with E-state index in [1.807, 2.05) is 0 Å². The van der Waals surface area contributed by atoms with Crippen LogP contribution in [-0.4, -0.2) is 6.29 Å². The smallest absolute Gasteiger partial charge is 0.120 e. The summed E-state index contributed by atoms with van der Waals surface area (Å²) in [5, 5.41) is 0. The molecule has 0 saturated carbocycles. The lowest BCUT2D eigenvalue weighted by atomic mass is 9.95. The first kappa shape index (κ1) is 11.9. The van der Waals surface area contributed by atoms with Crippen LogP contribution in [0.15, 0.2) is 18.2 Å². The van der Waals surface area contributed by atoms with Crippen molar-refractivity contribution in [2.24, 2.45) is 5.73 Å². The minimum atomic E-state index is 0.520. The minimum absolute atomic E-state index is 0.520. The molecular weight excluding hydrogens is 186 g/mol. The van der Waals surface area contributed by atoms with Gasteiger partial charge < -0.3 is 10.5 Å². The molecule has 0 saturated heterocycles. The molecule has 0 aliphatic carbocycles. The zero-order chi connectivity index (χ0) is 11.3. The van der Waals surface area contributed by atoms with Crippen LogP contribution in [0.5, 0.6) is 0 Å². The second-order valence-electron chi connectivity index (χ2n) is 4.09. The third-order valence-electron chi connectivity index (χ3n) is 2.65. The van der Waals surface area contributed by atoms with Crippen LogP contribution < -0.4 is 5.73 Å². The quantitative estimate of drug-likeness (QED) is 0.750. The molecular formula is C13H19NO. The molecule has 0 aliphatic rings. The summed E-state index contributed by atoms with van der Waals surface area (Å²) in [6.45, 7) is 4.88. The Hall–Kier alpha value is -1.15. The summed E-state index contributed by atoms with van der Waals surface area (Å²) in [5.41, 5.74) is 9.35. The van der Waals surface area contributed by atoms with Crippen molar-refractivity contribution < 1.29 is 4.79 Å². The molecule has 0 atom stereocenters. The fraction of sp³-hybridized carbons (Fsp3) is 0.462. The van der Waals surface area contributed by atoms with E-state index >= 15 is 0 Å². The lowest BCUT2D eigenvalue weighted by Crippen LogP contribution is -2.03. The van der Waals surface area contributed by atoms with Crippen molar-refractivity contribution in [3.8, 4) is 0 Å². The molecule has 15 heavy (non-hydrogen) atoms. The maximum absolute atomic E-state index is 10.4. The number of rotatable bonds is 5. The molecule has 0 spiro atoms. The van der Waals surface area contributed by atoms with Crippen molar-refractivity contribution >= 4 is 6.29 Å². The first-order chi connectivity index (χ1) is 7.19. The highest BCUT2D eigenvalue weighted by Crippen LogP contribution is 2.19. The van der Waals surface area contributed by atoms with Gasteiger partial charge in [-0.2, -0.15) is 0 Å². The van der Waals surface area contributed by atoms with Crippen molar-refractivity contribution in [2.45, 2.75) is 39.2 Å². The Bertz CT molecular complexity index is 331. The Morgan fingerprint density at radius 3 is 2.60 bits per heavy atom. The van der Waals surface area contributed by atoms with Crippen LogP contribution in [-0.2, 0) is 17.8 Å². The highest BCUT2D eigenvalue weighted by molar-refractivity contribution is 5.50. The van der Waals surface area contributed by atoms with Gasteiger partial charge in [-0.05, 0) is 29.0 Å². The number of aldehydes is 1. The Balaban J connectivity index is 2.96. The molecule has 0 radical (unpaired) electrons. The van der Waals surface area contributed by atoms with Crippen molar-refractivity contribution in [2.75, 3.05) is 0 Å². The summed E-state index contributed by atoms with van der Waals surface area (Å²) in [6, 6.07) is 6.38. The Kier molecular flexibility index (Phi) is 4.50. The van der Waals surface area contributed by atoms with E-state index in [9.17, 15) is 4.79 Å². The van der Waals surface area contributed by atoms with E-state index in [4.69, 9.17) is 5.73 Å². The van der Waals surface area contributed by atoms with Crippen molar-refractivity contribution in [3.05, 3.63) is 34.9 Å². The zero-order valence-corrected chi connectivity index (χ0v) is 9.49. The summed E-state index contributed by atoms with van der Waals surface area (Å²) in [5.74, 6) is 0.520. The van der Waals surface area contributed by atoms with Crippen molar-refractivity contribution in [1.29, 1.82) is 0 Å². The molecule has 0 amide bonds. The number of carbonyl (C=O) groups excluding carboxylic acids is 1. The topological polar surface area (TPSA) is 43.1 Å². The van der Waals surface area contributed by atoms with Gasteiger partial charge in [0.25, 0.3) is 0 Å². The lowest BCUT2D eigenvalue weighted by Gasteiger charge is -2.11. The van der Waals surface area contributed by atoms with Crippen LogP contribution in [0.4, 0.5) is 0 Å². The number of aryl methyl sites for hydroxylation is 1. The SMILES string of the molecule is CC(C)c1ccc(CN)c(CCC=O)c1. The molecule has 0 unspecified atom stereocenters. The van der Waals surface area contributed by atoms with Crippen molar-refractivity contribution in [1.82, 2.24) is 0 Å². The van der Waals surface area contributed by atoms with Gasteiger partial charge in [-0.3, -0.25) is 0 Å². The largest absolute Gasteiger partial charge is 0.326 e. The highest BCUT2D eigenvalue weighted by atomic mass is 16.1. The van der Waals surface area contributed by atoms with Crippen LogP contribution in [0.3, 0.4) is 0 Å². The summed E-state index contributed by atoms with van der Waals surface area (Å²) >= 11 is 0. The molecule has 0 heterocycles. The Labute approximate surface area is 91.5 Å². The molecule has 0 bridgehead atoms. The Morgan fingerprint density at radius 1 is 1.33 bits per heavy atom. The molecule has 82 valence electrons. The average molecular weight is 205 g/mol. The second kappa shape index (κ2) is 5.66. The van der Waals surface area contributed by atoms with Gasteiger partial charge in [-0.15, -0.1) is 0 Å². The van der Waals surface area contributed by atoms with Gasteiger partial charge in [0.15, 0.2) is 0 Å². The second-order valence-corrected chi connectivity index (χ2v) is 4.09. The van der Waals surface area contributed by atoms with E-state index < -0.39 is 0 Å². The molecule has 0 aromatic heterocycles. The van der Waals surface area contributed by atoms with E-state index in [-0.39, 0.29) is 0 Å². The van der Waals surface area contributed by atoms with Crippen molar-refractivity contribution in [3.63, 3.8) is 0 Å². The van der Waals surface area contributed by atoms with Crippen LogP contribution in [0.1, 0.15) is 42.9 Å². The van der Waals surface area contributed by atoms with E-state index in [0.29, 0.717) is 18.9 Å². The van der Waals surface area contributed by atoms with Crippen LogP contribution in [0, 0.1) is 0 Å². The van der Waals surface area contributed by atoms with E-state index in [1.165, 1.54) is 11.1 Å². The van der Waals surface area contributed by atoms with Crippen LogP contribution >= 0.6 is 0 Å². The molecule has 2 heteroatoms. The molecule has 1 aromatic carbocycles. The summed E-state index contributed by atoms with van der Waals surface area (Å²) < 4.78 is 0. The third-order valence-corrected chi connectivity index (χ3v) is 2.65. The molecule has 0 aliphatic heterocycles. The van der Waals surface area contributed by atoms with Gasteiger partial charge in [-0.25, -0.2) is 0 Å². The molecule has 2 nitrogen and oxygen atoms in total. The monoisotopic (exact) mass is 205 g/mol. The number of hydrogen-bond donors (Lipinski definition) is 1. The maximum atomic E-state index is 10.4. The third kappa shape index (κ3) is 3.17. The number of hydrogen-bond acceptors (Lipinski definition) is 2. The minimum Gasteiger partial charge on any atom is -0.326 e. The average Bonchev–Trinajstić information content (AvgIpc) is 2.25. The molecule has 0 fully saturated rings. The first-order valence-electron chi connectivity index (χ1n) is 5.44. The lowest BCUT2D eigenvalue weighted by molar-refractivity contribution is -0.107. The summed E-state index contributed by atoms with van der Waals surface area (Å²) in [6.07, 6.45) is 2.34. The van der Waals surface area contributed by atoms with Gasteiger partial charge in [-0.1, -0.05) is 32.0 Å². The van der Waals surface area contributed by atoms with Gasteiger partial charge in [0, 0.05) is 13.0 Å².